The topological polar surface area (TPSA) is 68.0 Å². The molecule has 88 valence electrons. The van der Waals surface area contributed by atoms with Crippen molar-refractivity contribution in [1.82, 2.24) is 15.0 Å². The smallest absolute Gasteiger partial charge is 0.359 e. The first-order chi connectivity index (χ1) is 7.99. The number of aromatic nitrogens is 3. The van der Waals surface area contributed by atoms with Gasteiger partial charge >= 0.3 is 5.97 Å². The van der Waals surface area contributed by atoms with Gasteiger partial charge in [-0.05, 0) is 18.2 Å². The molecule has 0 aliphatic rings. The minimum Gasteiger partial charge on any atom is -0.476 e. The number of carboxylic acids is 1. The summed E-state index contributed by atoms with van der Waals surface area (Å²) in [7, 11) is 0. The van der Waals surface area contributed by atoms with E-state index in [1.807, 2.05) is 0 Å². The van der Waals surface area contributed by atoms with Gasteiger partial charge in [-0.25, -0.2) is 4.79 Å². The van der Waals surface area contributed by atoms with E-state index in [0.29, 0.717) is 15.7 Å². The summed E-state index contributed by atoms with van der Waals surface area (Å²) in [5.41, 5.74) is 0.145. The lowest BCUT2D eigenvalue weighted by Crippen LogP contribution is -2.02. The summed E-state index contributed by atoms with van der Waals surface area (Å²) in [6, 6.07) is 4.65. The maximum atomic E-state index is 10.7. The Hall–Kier alpha value is -1.30. The molecule has 17 heavy (non-hydrogen) atoms. The van der Waals surface area contributed by atoms with Gasteiger partial charge in [0.15, 0.2) is 5.15 Å². The van der Waals surface area contributed by atoms with Crippen molar-refractivity contribution in [3.05, 3.63) is 39.1 Å². The number of aromatic carboxylic acids is 1. The molecule has 0 saturated carbocycles. The molecule has 2 aromatic rings. The molecule has 1 aromatic heterocycles. The fourth-order valence-corrected chi connectivity index (χ4v) is 1.63. The van der Waals surface area contributed by atoms with Crippen molar-refractivity contribution in [2.24, 2.45) is 0 Å². The molecule has 5 nitrogen and oxygen atoms in total. The maximum absolute atomic E-state index is 10.7. The van der Waals surface area contributed by atoms with E-state index in [0.717, 1.165) is 4.80 Å². The van der Waals surface area contributed by atoms with Crippen LogP contribution in [0.1, 0.15) is 10.5 Å². The highest BCUT2D eigenvalue weighted by Crippen LogP contribution is 2.24. The predicted octanol–water partition coefficient (Wildman–Crippen LogP) is 2.93. The first-order valence-corrected chi connectivity index (χ1v) is 5.44. The van der Waals surface area contributed by atoms with Crippen LogP contribution < -0.4 is 0 Å². The number of hydrogen-bond acceptors (Lipinski definition) is 3. The molecule has 0 bridgehead atoms. The molecular formula is C9H4Cl3N3O2. The Kier molecular flexibility index (Phi) is 3.24. The second-order valence-electron chi connectivity index (χ2n) is 3.03. The van der Waals surface area contributed by atoms with E-state index < -0.39 is 5.97 Å². The monoisotopic (exact) mass is 291 g/mol. The summed E-state index contributed by atoms with van der Waals surface area (Å²) in [4.78, 5) is 11.8. The minimum atomic E-state index is -1.25. The summed E-state index contributed by atoms with van der Waals surface area (Å²) in [6.07, 6.45) is 0. The van der Waals surface area contributed by atoms with E-state index in [2.05, 4.69) is 10.2 Å². The normalized spacial score (nSPS) is 10.5. The van der Waals surface area contributed by atoms with E-state index in [9.17, 15) is 4.79 Å². The van der Waals surface area contributed by atoms with Crippen LogP contribution >= 0.6 is 34.8 Å². The molecule has 0 aliphatic carbocycles. The van der Waals surface area contributed by atoms with Gasteiger partial charge in [0.05, 0.1) is 15.7 Å². The first kappa shape index (κ1) is 12.2. The van der Waals surface area contributed by atoms with Crippen molar-refractivity contribution < 1.29 is 9.90 Å². The van der Waals surface area contributed by atoms with Gasteiger partial charge in [0.25, 0.3) is 0 Å². The highest BCUT2D eigenvalue weighted by Gasteiger charge is 2.16. The maximum Gasteiger partial charge on any atom is 0.359 e. The second kappa shape index (κ2) is 4.52. The Balaban J connectivity index is 2.50. The molecule has 1 N–H and O–H groups in total. The Morgan fingerprint density at radius 3 is 2.41 bits per heavy atom. The third-order valence-electron chi connectivity index (χ3n) is 1.91. The third-order valence-corrected chi connectivity index (χ3v) is 2.90. The van der Waals surface area contributed by atoms with Gasteiger partial charge in [0, 0.05) is 0 Å². The number of benzene rings is 1. The summed E-state index contributed by atoms with van der Waals surface area (Å²) < 4.78 is 0. The second-order valence-corrected chi connectivity index (χ2v) is 4.20. The Morgan fingerprint density at radius 1 is 1.18 bits per heavy atom. The fourth-order valence-electron chi connectivity index (χ4n) is 1.14. The molecule has 0 fully saturated rings. The van der Waals surface area contributed by atoms with Crippen LogP contribution in [0.2, 0.25) is 15.2 Å². The van der Waals surface area contributed by atoms with E-state index in [1.54, 1.807) is 12.1 Å². The van der Waals surface area contributed by atoms with Gasteiger partial charge < -0.3 is 5.11 Å². The van der Waals surface area contributed by atoms with Crippen molar-refractivity contribution in [2.75, 3.05) is 0 Å². The van der Waals surface area contributed by atoms with Crippen molar-refractivity contribution >= 4 is 40.8 Å². The van der Waals surface area contributed by atoms with Crippen molar-refractivity contribution in [1.29, 1.82) is 0 Å². The van der Waals surface area contributed by atoms with E-state index in [1.165, 1.54) is 6.07 Å². The van der Waals surface area contributed by atoms with Gasteiger partial charge in [0.1, 0.15) is 0 Å². The van der Waals surface area contributed by atoms with Crippen LogP contribution in [0.3, 0.4) is 0 Å². The average molecular weight is 293 g/mol. The van der Waals surface area contributed by atoms with Crippen molar-refractivity contribution in [2.45, 2.75) is 0 Å². The third kappa shape index (κ3) is 2.36. The predicted molar refractivity (Wildman–Crippen MR) is 63.3 cm³/mol. The van der Waals surface area contributed by atoms with Crippen LogP contribution in [0.25, 0.3) is 5.69 Å². The Labute approximate surface area is 111 Å². The summed E-state index contributed by atoms with van der Waals surface area (Å²) in [5, 5.41) is 16.8. The minimum absolute atomic E-state index is 0.191. The largest absolute Gasteiger partial charge is 0.476 e. The van der Waals surface area contributed by atoms with Crippen LogP contribution in [-0.4, -0.2) is 26.1 Å². The Bertz CT molecular complexity index is 597. The zero-order chi connectivity index (χ0) is 12.6. The molecule has 0 saturated heterocycles. The highest BCUT2D eigenvalue weighted by molar-refractivity contribution is 6.42. The standard InChI is InChI=1S/C9H4Cl3N3O2/c10-5-2-1-4(3-6(5)11)15-13-7(9(16)17)8(12)14-15/h1-3H,(H,16,17). The van der Waals surface area contributed by atoms with Gasteiger partial charge in [0.2, 0.25) is 5.69 Å². The van der Waals surface area contributed by atoms with Crippen LogP contribution in [0.4, 0.5) is 0 Å². The molecular weight excluding hydrogens is 288 g/mol. The molecule has 0 radical (unpaired) electrons. The number of carboxylic acid groups (broad SMARTS) is 1. The number of rotatable bonds is 2. The average Bonchev–Trinajstić information content (AvgIpc) is 2.64. The number of nitrogens with zero attached hydrogens (tertiary/aromatic N) is 3. The van der Waals surface area contributed by atoms with Gasteiger partial charge in [-0.3, -0.25) is 0 Å². The molecule has 0 amide bonds. The number of hydrogen-bond donors (Lipinski definition) is 1. The lowest BCUT2D eigenvalue weighted by atomic mass is 10.3. The van der Waals surface area contributed by atoms with Crippen LogP contribution in [-0.2, 0) is 0 Å². The van der Waals surface area contributed by atoms with E-state index in [-0.39, 0.29) is 10.8 Å². The molecule has 8 heteroatoms. The molecule has 0 atom stereocenters. The highest BCUT2D eigenvalue weighted by atomic mass is 35.5. The Morgan fingerprint density at radius 2 is 1.88 bits per heavy atom. The van der Waals surface area contributed by atoms with Crippen molar-refractivity contribution in [3.63, 3.8) is 0 Å². The number of carbonyl (C=O) groups is 1. The molecule has 2 rings (SSSR count). The lowest BCUT2D eigenvalue weighted by molar-refractivity contribution is 0.0690. The fraction of sp³-hybridized carbons (Fsp3) is 0. The van der Waals surface area contributed by atoms with Crippen LogP contribution in [0.5, 0.6) is 0 Å². The van der Waals surface area contributed by atoms with Gasteiger partial charge in [-0.2, -0.15) is 0 Å². The molecule has 0 spiro atoms. The van der Waals surface area contributed by atoms with E-state index in [4.69, 9.17) is 39.9 Å². The zero-order valence-electron chi connectivity index (χ0n) is 8.06. The molecule has 0 aliphatic heterocycles. The lowest BCUT2D eigenvalue weighted by Gasteiger charge is -2.00. The summed E-state index contributed by atoms with van der Waals surface area (Å²) in [5.74, 6) is -1.25. The summed E-state index contributed by atoms with van der Waals surface area (Å²) in [6.45, 7) is 0. The quantitative estimate of drug-likeness (QED) is 0.924. The molecule has 1 heterocycles. The molecule has 0 unspecified atom stereocenters. The number of halogens is 3. The van der Waals surface area contributed by atoms with Crippen molar-refractivity contribution in [3.8, 4) is 5.69 Å². The van der Waals surface area contributed by atoms with E-state index >= 15 is 0 Å². The first-order valence-electron chi connectivity index (χ1n) is 4.30. The SMILES string of the molecule is O=C(O)c1nn(-c2ccc(Cl)c(Cl)c2)nc1Cl. The summed E-state index contributed by atoms with van der Waals surface area (Å²) >= 11 is 17.2. The van der Waals surface area contributed by atoms with Gasteiger partial charge in [-0.1, -0.05) is 34.8 Å². The van der Waals surface area contributed by atoms with Crippen LogP contribution in [0, 0.1) is 0 Å². The van der Waals surface area contributed by atoms with Crippen LogP contribution in [0.15, 0.2) is 18.2 Å². The zero-order valence-corrected chi connectivity index (χ0v) is 10.3. The van der Waals surface area contributed by atoms with Gasteiger partial charge in [-0.15, -0.1) is 15.0 Å². The molecule has 1 aromatic carbocycles.